The van der Waals surface area contributed by atoms with Crippen LogP contribution in [0.2, 0.25) is 0 Å². The molecule has 2 atom stereocenters. The lowest BCUT2D eigenvalue weighted by molar-refractivity contribution is -0.120. The number of rotatable bonds is 23. The molecule has 2 unspecified atom stereocenters. The molecule has 0 radical (unpaired) electrons. The van der Waals surface area contributed by atoms with Gasteiger partial charge in [0.1, 0.15) is 0 Å². The van der Waals surface area contributed by atoms with E-state index in [9.17, 15) is 0 Å². The predicted octanol–water partition coefficient (Wildman–Crippen LogP) is 3.59. The molecule has 2 N–H and O–H groups in total. The topological polar surface area (TPSA) is 81.4 Å². The molecule has 0 amide bonds. The Morgan fingerprint density at radius 1 is 0.655 bits per heavy atom. The van der Waals surface area contributed by atoms with Gasteiger partial charge in [-0.05, 0) is 59.3 Å². The van der Waals surface area contributed by atoms with Crippen LogP contribution in [0.25, 0.3) is 0 Å². The molecule has 0 aliphatic carbocycles. The first kappa shape index (κ1) is 29.6. The summed E-state index contributed by atoms with van der Waals surface area (Å²) >= 11 is 0. The Bertz CT molecular complexity index is 295. The minimum Gasteiger partial charge on any atom is -0.378 e. The van der Waals surface area contributed by atoms with E-state index in [0.717, 1.165) is 61.1 Å². The van der Waals surface area contributed by atoms with Gasteiger partial charge in [-0.25, -0.2) is 5.90 Å². The normalized spacial score (nSPS) is 13.8. The Morgan fingerprint density at radius 3 is 1.48 bits per heavy atom. The smallest absolute Gasteiger partial charge is 0.161 e. The SMILES string of the molecule is CCOC(CPCCC(CCPCC(OCC)OCC)OCCCON)OCC. The third-order valence-corrected chi connectivity index (χ3v) is 6.61. The van der Waals surface area contributed by atoms with Crippen molar-refractivity contribution in [2.45, 2.75) is 65.6 Å². The van der Waals surface area contributed by atoms with Gasteiger partial charge in [0.25, 0.3) is 0 Å². The molecule has 0 bridgehead atoms. The van der Waals surface area contributed by atoms with E-state index in [-0.39, 0.29) is 18.7 Å². The van der Waals surface area contributed by atoms with Crippen LogP contribution in [-0.4, -0.2) is 83.0 Å². The maximum atomic E-state index is 6.10. The van der Waals surface area contributed by atoms with E-state index in [1.807, 2.05) is 27.7 Å². The van der Waals surface area contributed by atoms with Crippen molar-refractivity contribution in [2.24, 2.45) is 5.90 Å². The molecule has 0 spiro atoms. The molecule has 176 valence electrons. The molecule has 0 aromatic heterocycles. The molecule has 0 rings (SSSR count). The van der Waals surface area contributed by atoms with Crippen LogP contribution >= 0.6 is 17.2 Å². The lowest BCUT2D eigenvalue weighted by atomic mass is 10.2. The van der Waals surface area contributed by atoms with E-state index in [0.29, 0.717) is 39.6 Å². The van der Waals surface area contributed by atoms with Crippen LogP contribution in [0.5, 0.6) is 0 Å². The Kier molecular flexibility index (Phi) is 23.7. The minimum absolute atomic E-state index is 0.0695. The van der Waals surface area contributed by atoms with Crippen molar-refractivity contribution in [2.75, 3.05) is 64.3 Å². The largest absolute Gasteiger partial charge is 0.378 e. The molecular weight excluding hydrogens is 412 g/mol. The highest BCUT2D eigenvalue weighted by Crippen LogP contribution is 2.22. The predicted molar refractivity (Wildman–Crippen MR) is 124 cm³/mol. The van der Waals surface area contributed by atoms with E-state index in [2.05, 4.69) is 4.84 Å². The summed E-state index contributed by atoms with van der Waals surface area (Å²) in [5.41, 5.74) is 0. The minimum atomic E-state index is -0.0695. The molecule has 0 heterocycles. The molecule has 9 heteroatoms. The summed E-state index contributed by atoms with van der Waals surface area (Å²) in [6.07, 6.45) is 7.29. The Hall–Kier alpha value is 0.580. The number of ether oxygens (including phenoxy) is 5. The van der Waals surface area contributed by atoms with Crippen LogP contribution in [0.15, 0.2) is 0 Å². The van der Waals surface area contributed by atoms with E-state index < -0.39 is 0 Å². The van der Waals surface area contributed by atoms with Crippen molar-refractivity contribution in [3.63, 3.8) is 0 Å². The first-order valence-corrected chi connectivity index (χ1v) is 13.9. The molecule has 0 saturated heterocycles. The summed E-state index contributed by atoms with van der Waals surface area (Å²) in [6, 6.07) is 0. The fraction of sp³-hybridized carbons (Fsp3) is 1.00. The van der Waals surface area contributed by atoms with E-state index >= 15 is 0 Å². The molecule has 0 aliphatic heterocycles. The van der Waals surface area contributed by atoms with Crippen LogP contribution in [0.3, 0.4) is 0 Å². The van der Waals surface area contributed by atoms with Crippen LogP contribution in [-0.2, 0) is 28.5 Å². The second-order valence-electron chi connectivity index (χ2n) is 6.38. The van der Waals surface area contributed by atoms with Crippen molar-refractivity contribution in [3.05, 3.63) is 0 Å². The van der Waals surface area contributed by atoms with Crippen molar-refractivity contribution in [1.82, 2.24) is 0 Å². The molecule has 7 nitrogen and oxygen atoms in total. The van der Waals surface area contributed by atoms with E-state index in [1.54, 1.807) is 0 Å². The van der Waals surface area contributed by atoms with Crippen molar-refractivity contribution < 1.29 is 28.5 Å². The van der Waals surface area contributed by atoms with Crippen molar-refractivity contribution in [1.29, 1.82) is 0 Å². The molecule has 29 heavy (non-hydrogen) atoms. The third-order valence-electron chi connectivity index (χ3n) is 4.08. The highest BCUT2D eigenvalue weighted by atomic mass is 31.1. The number of hydrogen-bond donors (Lipinski definition) is 1. The van der Waals surface area contributed by atoms with Gasteiger partial charge in [-0.3, -0.25) is 0 Å². The average molecular weight is 458 g/mol. The molecular formula is C20H45NO6P2. The maximum absolute atomic E-state index is 6.10. The molecule has 0 aromatic rings. The van der Waals surface area contributed by atoms with Crippen LogP contribution < -0.4 is 5.90 Å². The fourth-order valence-corrected chi connectivity index (χ4v) is 5.15. The quantitative estimate of drug-likeness (QED) is 0.109. The van der Waals surface area contributed by atoms with Gasteiger partial charge >= 0.3 is 0 Å². The van der Waals surface area contributed by atoms with E-state index in [1.165, 1.54) is 0 Å². The van der Waals surface area contributed by atoms with Gasteiger partial charge in [0, 0.05) is 45.4 Å². The molecule has 0 saturated carbocycles. The Labute approximate surface area is 181 Å². The summed E-state index contributed by atoms with van der Waals surface area (Å²) in [7, 11) is 1.64. The molecule has 0 aromatic carbocycles. The lowest BCUT2D eigenvalue weighted by Crippen LogP contribution is -2.21. The van der Waals surface area contributed by atoms with Crippen molar-refractivity contribution in [3.8, 4) is 0 Å². The van der Waals surface area contributed by atoms with Gasteiger partial charge in [0.05, 0.1) is 12.7 Å². The number of hydrogen-bond acceptors (Lipinski definition) is 7. The summed E-state index contributed by atoms with van der Waals surface area (Å²) in [6.45, 7) is 12.0. The maximum Gasteiger partial charge on any atom is 0.161 e. The van der Waals surface area contributed by atoms with Crippen LogP contribution in [0, 0.1) is 0 Å². The zero-order valence-electron chi connectivity index (χ0n) is 19.0. The summed E-state index contributed by atoms with van der Waals surface area (Å²) in [5, 5.41) is 0. The summed E-state index contributed by atoms with van der Waals surface area (Å²) < 4.78 is 28.6. The third kappa shape index (κ3) is 19.0. The highest BCUT2D eigenvalue weighted by Gasteiger charge is 2.13. The second kappa shape index (κ2) is 23.2. The van der Waals surface area contributed by atoms with E-state index in [4.69, 9.17) is 29.6 Å². The Balaban J connectivity index is 4.18. The molecule has 0 fully saturated rings. The first-order valence-electron chi connectivity index (χ1n) is 11.0. The van der Waals surface area contributed by atoms with Gasteiger partial charge in [0.15, 0.2) is 12.6 Å². The van der Waals surface area contributed by atoms with Crippen LogP contribution in [0.1, 0.15) is 47.0 Å². The summed E-state index contributed by atoms with van der Waals surface area (Å²) in [4.78, 5) is 4.63. The standard InChI is InChI=1S/C20H45NO6P2/c1-5-22-19(23-6-2)16-28-14-10-18(26-12-9-13-27-21)11-15-29-17-20(24-7-3)25-8-4/h18-20,28-29H,5-17,21H2,1-4H3. The number of nitrogens with two attached hydrogens (primary N) is 1. The fourth-order valence-electron chi connectivity index (χ4n) is 2.74. The lowest BCUT2D eigenvalue weighted by Gasteiger charge is -2.21. The average Bonchev–Trinajstić information content (AvgIpc) is 2.71. The zero-order valence-corrected chi connectivity index (χ0v) is 21.0. The molecule has 0 aliphatic rings. The van der Waals surface area contributed by atoms with Gasteiger partial charge in [-0.2, -0.15) is 0 Å². The van der Waals surface area contributed by atoms with Crippen LogP contribution in [0.4, 0.5) is 0 Å². The van der Waals surface area contributed by atoms with Gasteiger partial charge in [-0.1, -0.05) is 0 Å². The van der Waals surface area contributed by atoms with Gasteiger partial charge in [-0.15, -0.1) is 17.2 Å². The second-order valence-corrected chi connectivity index (χ2v) is 9.20. The summed E-state index contributed by atoms with van der Waals surface area (Å²) in [5.74, 6) is 5.10. The Morgan fingerprint density at radius 2 is 1.10 bits per heavy atom. The monoisotopic (exact) mass is 457 g/mol. The highest BCUT2D eigenvalue weighted by molar-refractivity contribution is 7.38. The zero-order chi connectivity index (χ0) is 21.6. The van der Waals surface area contributed by atoms with Crippen molar-refractivity contribution >= 4 is 17.2 Å². The van der Waals surface area contributed by atoms with Gasteiger partial charge in [0.2, 0.25) is 0 Å². The first-order chi connectivity index (χ1) is 14.2. The van der Waals surface area contributed by atoms with Gasteiger partial charge < -0.3 is 28.5 Å².